The Morgan fingerprint density at radius 1 is 0.969 bits per heavy atom. The summed E-state index contributed by atoms with van der Waals surface area (Å²) in [6.07, 6.45) is 0.312. The minimum atomic E-state index is -0.546. The fourth-order valence-electron chi connectivity index (χ4n) is 3.87. The summed E-state index contributed by atoms with van der Waals surface area (Å²) in [7, 11) is 0. The molecule has 1 fully saturated rings. The maximum atomic E-state index is 12.4. The van der Waals surface area contributed by atoms with Crippen molar-refractivity contribution in [3.05, 3.63) is 70.7 Å². The van der Waals surface area contributed by atoms with Gasteiger partial charge in [0.15, 0.2) is 0 Å². The monoisotopic (exact) mass is 447 g/mol. The molecular formula is C22H17N5O4S. The van der Waals surface area contributed by atoms with Gasteiger partial charge >= 0.3 is 0 Å². The summed E-state index contributed by atoms with van der Waals surface area (Å²) in [6, 6.07) is 15.9. The summed E-state index contributed by atoms with van der Waals surface area (Å²) in [5, 5.41) is 11.6. The maximum Gasteiger partial charge on any atom is 0.262 e. The lowest BCUT2D eigenvalue weighted by atomic mass is 10.1. The van der Waals surface area contributed by atoms with Crippen molar-refractivity contribution in [1.82, 2.24) is 15.1 Å². The molecule has 1 atom stereocenters. The third-order valence-electron chi connectivity index (χ3n) is 5.41. The van der Waals surface area contributed by atoms with Crippen molar-refractivity contribution in [2.45, 2.75) is 12.3 Å². The minimum Gasteiger partial charge on any atom is -0.312 e. The van der Waals surface area contributed by atoms with Crippen LogP contribution in [0.3, 0.4) is 0 Å². The lowest BCUT2D eigenvalue weighted by Crippen LogP contribution is -2.37. The summed E-state index contributed by atoms with van der Waals surface area (Å²) in [5.41, 5.74) is 1.41. The van der Waals surface area contributed by atoms with E-state index in [9.17, 15) is 19.2 Å². The molecular weight excluding hydrogens is 430 g/mol. The van der Waals surface area contributed by atoms with E-state index in [2.05, 4.69) is 15.5 Å². The number of fused-ring (bicyclic) bond motifs is 1. The highest BCUT2D eigenvalue weighted by atomic mass is 32.1. The number of carbonyl (C=O) groups excluding carboxylic acids is 4. The van der Waals surface area contributed by atoms with Gasteiger partial charge in [-0.25, -0.2) is 0 Å². The molecule has 2 aromatic carbocycles. The number of carbonyl (C=O) groups is 4. The van der Waals surface area contributed by atoms with Crippen molar-refractivity contribution in [2.24, 2.45) is 0 Å². The van der Waals surface area contributed by atoms with Crippen LogP contribution in [0, 0.1) is 0 Å². The van der Waals surface area contributed by atoms with Gasteiger partial charge in [0, 0.05) is 24.6 Å². The fraction of sp³-hybridized carbons (Fsp3) is 0.182. The second-order valence-corrected chi connectivity index (χ2v) is 8.49. The zero-order valence-corrected chi connectivity index (χ0v) is 17.5. The van der Waals surface area contributed by atoms with E-state index in [1.54, 1.807) is 29.2 Å². The van der Waals surface area contributed by atoms with Gasteiger partial charge in [-0.3, -0.25) is 29.4 Å². The molecule has 0 bridgehead atoms. The number of anilines is 2. The first-order chi connectivity index (χ1) is 15.5. The summed E-state index contributed by atoms with van der Waals surface area (Å²) in [6.45, 7) is 0.0748. The normalized spacial score (nSPS) is 17.8. The van der Waals surface area contributed by atoms with Gasteiger partial charge in [0.2, 0.25) is 16.9 Å². The highest BCUT2D eigenvalue weighted by Gasteiger charge is 2.37. The summed E-state index contributed by atoms with van der Waals surface area (Å²) < 4.78 is 0. The first-order valence-electron chi connectivity index (χ1n) is 9.95. The first-order valence-corrected chi connectivity index (χ1v) is 10.8. The lowest BCUT2D eigenvalue weighted by molar-refractivity contribution is -0.117. The zero-order chi connectivity index (χ0) is 22.2. The molecule has 1 N–H and O–H groups in total. The molecule has 0 unspecified atom stereocenters. The van der Waals surface area contributed by atoms with E-state index in [0.717, 1.165) is 10.6 Å². The SMILES string of the molecule is O=C(CN1C(=O)c2ccccc2C1=O)Nc1nnc([C@@H]2CC(=O)N(c3ccccc3)C2)s1. The molecule has 4 amide bonds. The standard InChI is InChI=1S/C22H17N5O4S/c28-17(12-27-20(30)15-8-4-5-9-16(15)21(27)31)23-22-25-24-19(32-22)13-10-18(29)26(11-13)14-6-2-1-3-7-14/h1-9,13H,10-12H2,(H,23,25,28)/t13-/m1/s1. The molecule has 0 spiro atoms. The van der Waals surface area contributed by atoms with E-state index in [1.807, 2.05) is 30.3 Å². The first kappa shape index (κ1) is 20.0. The van der Waals surface area contributed by atoms with Gasteiger partial charge in [0.05, 0.1) is 11.1 Å². The van der Waals surface area contributed by atoms with E-state index in [4.69, 9.17) is 0 Å². The maximum absolute atomic E-state index is 12.4. The number of rotatable bonds is 5. The molecule has 3 heterocycles. The van der Waals surface area contributed by atoms with Crippen molar-refractivity contribution in [2.75, 3.05) is 23.3 Å². The van der Waals surface area contributed by atoms with E-state index in [1.165, 1.54) is 11.3 Å². The van der Waals surface area contributed by atoms with Gasteiger partial charge in [-0.05, 0) is 24.3 Å². The number of nitrogens with zero attached hydrogens (tertiary/aromatic N) is 4. The number of amides is 4. The van der Waals surface area contributed by atoms with E-state index in [-0.39, 0.29) is 28.1 Å². The van der Waals surface area contributed by atoms with E-state index < -0.39 is 24.3 Å². The minimum absolute atomic E-state index is 0.00705. The Labute approximate surface area is 186 Å². The van der Waals surface area contributed by atoms with Crippen LogP contribution in [-0.4, -0.2) is 51.8 Å². The van der Waals surface area contributed by atoms with Crippen molar-refractivity contribution < 1.29 is 19.2 Å². The predicted octanol–water partition coefficient (Wildman–Crippen LogP) is 2.29. The third-order valence-corrected chi connectivity index (χ3v) is 6.41. The third kappa shape index (κ3) is 3.54. The van der Waals surface area contributed by atoms with Gasteiger partial charge in [0.25, 0.3) is 11.8 Å². The van der Waals surface area contributed by atoms with Gasteiger partial charge < -0.3 is 4.90 Å². The van der Waals surface area contributed by atoms with Crippen molar-refractivity contribution >= 4 is 45.8 Å². The predicted molar refractivity (Wildman–Crippen MR) is 117 cm³/mol. The quantitative estimate of drug-likeness (QED) is 0.601. The zero-order valence-electron chi connectivity index (χ0n) is 16.7. The Hall–Kier alpha value is -3.92. The summed E-state index contributed by atoms with van der Waals surface area (Å²) in [5.74, 6) is -1.65. The topological polar surface area (TPSA) is 113 Å². The number of aromatic nitrogens is 2. The van der Waals surface area contributed by atoms with Crippen LogP contribution in [0.5, 0.6) is 0 Å². The smallest absolute Gasteiger partial charge is 0.262 e. The Balaban J connectivity index is 1.23. The van der Waals surface area contributed by atoms with Crippen LogP contribution in [0.15, 0.2) is 54.6 Å². The molecule has 0 saturated carbocycles. The average molecular weight is 447 g/mol. The van der Waals surface area contributed by atoms with Crippen LogP contribution in [0.1, 0.15) is 38.1 Å². The Morgan fingerprint density at radius 3 is 2.31 bits per heavy atom. The molecule has 1 aromatic heterocycles. The van der Waals surface area contributed by atoms with Gasteiger partial charge in [-0.2, -0.15) is 0 Å². The van der Waals surface area contributed by atoms with Crippen LogP contribution < -0.4 is 10.2 Å². The molecule has 9 nitrogen and oxygen atoms in total. The lowest BCUT2D eigenvalue weighted by Gasteiger charge is -2.15. The number of para-hydroxylation sites is 1. The van der Waals surface area contributed by atoms with E-state index in [0.29, 0.717) is 18.0 Å². The average Bonchev–Trinajstić information content (AvgIpc) is 3.48. The molecule has 32 heavy (non-hydrogen) atoms. The number of hydrogen-bond acceptors (Lipinski definition) is 7. The van der Waals surface area contributed by atoms with Crippen LogP contribution in [0.4, 0.5) is 10.8 Å². The fourth-order valence-corrected chi connectivity index (χ4v) is 4.72. The molecule has 1 saturated heterocycles. The molecule has 10 heteroatoms. The molecule has 2 aliphatic heterocycles. The van der Waals surface area contributed by atoms with E-state index >= 15 is 0 Å². The van der Waals surface area contributed by atoms with Gasteiger partial charge in [0.1, 0.15) is 11.6 Å². The Bertz CT molecular complexity index is 1210. The highest BCUT2D eigenvalue weighted by molar-refractivity contribution is 7.15. The summed E-state index contributed by atoms with van der Waals surface area (Å²) in [4.78, 5) is 52.3. The molecule has 0 radical (unpaired) electrons. The number of benzene rings is 2. The second-order valence-electron chi connectivity index (χ2n) is 7.48. The molecule has 5 rings (SSSR count). The van der Waals surface area contributed by atoms with Crippen LogP contribution >= 0.6 is 11.3 Å². The molecule has 0 aliphatic carbocycles. The van der Waals surface area contributed by atoms with Crippen molar-refractivity contribution in [1.29, 1.82) is 0 Å². The number of nitrogens with one attached hydrogen (secondary N) is 1. The highest BCUT2D eigenvalue weighted by Crippen LogP contribution is 2.34. The van der Waals surface area contributed by atoms with Gasteiger partial charge in [-0.1, -0.05) is 41.7 Å². The van der Waals surface area contributed by atoms with Crippen LogP contribution in [0.2, 0.25) is 0 Å². The molecule has 3 aromatic rings. The largest absolute Gasteiger partial charge is 0.312 e. The van der Waals surface area contributed by atoms with Crippen LogP contribution in [-0.2, 0) is 9.59 Å². The van der Waals surface area contributed by atoms with Crippen molar-refractivity contribution in [3.63, 3.8) is 0 Å². The Kier molecular flexibility index (Phi) is 4.98. The summed E-state index contributed by atoms with van der Waals surface area (Å²) >= 11 is 1.18. The number of hydrogen-bond donors (Lipinski definition) is 1. The van der Waals surface area contributed by atoms with Crippen molar-refractivity contribution in [3.8, 4) is 0 Å². The Morgan fingerprint density at radius 2 is 1.62 bits per heavy atom. The molecule has 160 valence electrons. The number of imide groups is 1. The second kappa shape index (κ2) is 7.97. The molecule has 2 aliphatic rings. The van der Waals surface area contributed by atoms with Crippen LogP contribution in [0.25, 0.3) is 0 Å². The van der Waals surface area contributed by atoms with Gasteiger partial charge in [-0.15, -0.1) is 10.2 Å².